The van der Waals surface area contributed by atoms with Gasteiger partial charge in [-0.1, -0.05) is 30.9 Å². The summed E-state index contributed by atoms with van der Waals surface area (Å²) in [4.78, 5) is 22.8. The molecule has 2 aromatic rings. The van der Waals surface area contributed by atoms with Crippen LogP contribution in [0.4, 0.5) is 0 Å². The van der Waals surface area contributed by atoms with Gasteiger partial charge in [-0.25, -0.2) is 4.98 Å². The summed E-state index contributed by atoms with van der Waals surface area (Å²) < 4.78 is 15.1. The first-order valence-electron chi connectivity index (χ1n) is 14.1. The lowest BCUT2D eigenvalue weighted by Crippen LogP contribution is -2.42. The lowest BCUT2D eigenvalue weighted by atomic mass is 9.95. The van der Waals surface area contributed by atoms with E-state index < -0.39 is 16.1 Å². The van der Waals surface area contributed by atoms with Gasteiger partial charge in [0.2, 0.25) is 0 Å². The number of likely N-dealkylation sites (tertiary alicyclic amines) is 1. The molecule has 40 heavy (non-hydrogen) atoms. The molecule has 3 atom stereocenters. The molecular weight excluding hydrogens is 522 g/mol. The summed E-state index contributed by atoms with van der Waals surface area (Å²) in [5.41, 5.74) is 4.62. The zero-order valence-corrected chi connectivity index (χ0v) is 25.5. The molecule has 1 aromatic carbocycles. The molecule has 1 aromatic heterocycles. The van der Waals surface area contributed by atoms with Gasteiger partial charge in [0.05, 0.1) is 24.8 Å². The van der Waals surface area contributed by atoms with Gasteiger partial charge in [-0.15, -0.1) is 4.31 Å². The molecule has 0 spiro atoms. The molecule has 2 N–H and O–H groups in total. The highest BCUT2D eigenvalue weighted by Gasteiger charge is 2.45. The van der Waals surface area contributed by atoms with Gasteiger partial charge in [0.15, 0.2) is 0 Å². The van der Waals surface area contributed by atoms with E-state index in [1.807, 2.05) is 74.4 Å². The fourth-order valence-corrected chi connectivity index (χ4v) is 6.75. The second-order valence-electron chi connectivity index (χ2n) is 11.9. The molecule has 3 heterocycles. The Morgan fingerprint density at radius 3 is 2.73 bits per heavy atom. The molecule has 0 aliphatic carbocycles. The SMILES string of the molecule is CCN1CC[C@H](NC(=O)c2cc3c(c(-c4cccc(C#CCN(C)C)c4)n2)[C@H](CCO)N([S+]([O-])C(C)(C)C)C3)C1. The molecule has 0 saturated carbocycles. The van der Waals surface area contributed by atoms with Crippen LogP contribution in [0.15, 0.2) is 30.3 Å². The van der Waals surface area contributed by atoms with Gasteiger partial charge in [-0.05, 0) is 78.0 Å². The van der Waals surface area contributed by atoms with Crippen LogP contribution in [-0.2, 0) is 17.9 Å². The number of carbonyl (C=O) groups is 1. The summed E-state index contributed by atoms with van der Waals surface area (Å²) in [5.74, 6) is 6.22. The summed E-state index contributed by atoms with van der Waals surface area (Å²) in [7, 11) is 3.96. The van der Waals surface area contributed by atoms with Gasteiger partial charge in [0.25, 0.3) is 5.91 Å². The number of hydrogen-bond acceptors (Lipinski definition) is 7. The predicted molar refractivity (Wildman–Crippen MR) is 161 cm³/mol. The van der Waals surface area contributed by atoms with E-state index in [1.54, 1.807) is 0 Å². The number of aromatic nitrogens is 1. The maximum atomic E-state index is 13.6. The zero-order valence-electron chi connectivity index (χ0n) is 24.7. The van der Waals surface area contributed by atoms with Gasteiger partial charge < -0.3 is 19.9 Å². The average molecular weight is 566 g/mol. The summed E-state index contributed by atoms with van der Waals surface area (Å²) >= 11 is -1.31. The molecule has 1 fully saturated rings. The minimum absolute atomic E-state index is 0.0463. The van der Waals surface area contributed by atoms with Gasteiger partial charge >= 0.3 is 0 Å². The highest BCUT2D eigenvalue weighted by Crippen LogP contribution is 2.45. The Kier molecular flexibility index (Phi) is 9.93. The Morgan fingerprint density at radius 2 is 2.08 bits per heavy atom. The maximum absolute atomic E-state index is 13.6. The standard InChI is InChI=1S/C31H43N5O3S/c1-7-35-16-13-25(21-35)32-30(38)26-19-24-20-36(40(39)31(2,3)4)27(14-17-37)28(24)29(33-26)23-12-8-10-22(18-23)11-9-15-34(5)6/h8,10,12,18-19,25,27,37H,7,13-17,20-21H2,1-6H3,(H,32,38)/t25-,27-,40?/m0/s1. The minimum Gasteiger partial charge on any atom is -0.597 e. The number of nitrogens with zero attached hydrogens (tertiary/aromatic N) is 4. The predicted octanol–water partition coefficient (Wildman–Crippen LogP) is 3.19. The monoisotopic (exact) mass is 565 g/mol. The van der Waals surface area contributed by atoms with E-state index in [2.05, 4.69) is 29.0 Å². The van der Waals surface area contributed by atoms with E-state index in [4.69, 9.17) is 4.98 Å². The molecule has 216 valence electrons. The lowest BCUT2D eigenvalue weighted by Gasteiger charge is -2.33. The molecule has 1 saturated heterocycles. The molecule has 1 unspecified atom stereocenters. The van der Waals surface area contributed by atoms with Gasteiger partial charge in [-0.3, -0.25) is 9.69 Å². The van der Waals surface area contributed by atoms with Crippen LogP contribution in [-0.4, -0.2) is 92.3 Å². The van der Waals surface area contributed by atoms with E-state index in [0.29, 0.717) is 30.9 Å². The Bertz CT molecular complexity index is 1270. The number of nitrogens with one attached hydrogen (secondary N) is 1. The van der Waals surface area contributed by atoms with Crippen LogP contribution in [0.2, 0.25) is 0 Å². The molecule has 0 radical (unpaired) electrons. The number of carbonyl (C=O) groups excluding carboxylic acids is 1. The summed E-state index contributed by atoms with van der Waals surface area (Å²) in [6.07, 6.45) is 1.34. The smallest absolute Gasteiger partial charge is 0.270 e. The minimum atomic E-state index is -1.31. The second-order valence-corrected chi connectivity index (χ2v) is 14.1. The number of pyridine rings is 1. The average Bonchev–Trinajstić information content (AvgIpc) is 3.51. The van der Waals surface area contributed by atoms with Crippen molar-refractivity contribution in [3.8, 4) is 23.1 Å². The van der Waals surface area contributed by atoms with Crippen molar-refractivity contribution in [3.63, 3.8) is 0 Å². The molecule has 2 aliphatic heterocycles. The van der Waals surface area contributed by atoms with Crippen LogP contribution in [0.1, 0.15) is 73.8 Å². The van der Waals surface area contributed by atoms with Crippen molar-refractivity contribution in [2.45, 2.75) is 63.9 Å². The molecule has 2 aliphatic rings. The topological polar surface area (TPSA) is 95.0 Å². The molecule has 1 amide bonds. The van der Waals surface area contributed by atoms with Crippen LogP contribution >= 0.6 is 0 Å². The fraction of sp³-hybridized carbons (Fsp3) is 0.548. The second kappa shape index (κ2) is 13.0. The highest BCUT2D eigenvalue weighted by atomic mass is 32.2. The normalized spacial score (nSPS) is 20.3. The van der Waals surface area contributed by atoms with E-state index in [1.165, 1.54) is 0 Å². The quantitative estimate of drug-likeness (QED) is 0.375. The van der Waals surface area contributed by atoms with Crippen molar-refractivity contribution in [2.75, 3.05) is 46.9 Å². The van der Waals surface area contributed by atoms with Crippen molar-refractivity contribution in [2.24, 2.45) is 0 Å². The van der Waals surface area contributed by atoms with Gasteiger partial charge in [0.1, 0.15) is 10.4 Å². The van der Waals surface area contributed by atoms with E-state index in [-0.39, 0.29) is 24.6 Å². The largest absolute Gasteiger partial charge is 0.597 e. The Labute approximate surface area is 242 Å². The summed E-state index contributed by atoms with van der Waals surface area (Å²) in [5, 5.41) is 13.2. The van der Waals surface area contributed by atoms with Crippen LogP contribution in [0.5, 0.6) is 0 Å². The van der Waals surface area contributed by atoms with Crippen molar-refractivity contribution in [1.29, 1.82) is 0 Å². The van der Waals surface area contributed by atoms with Crippen molar-refractivity contribution in [3.05, 3.63) is 52.7 Å². The number of rotatable bonds is 8. The van der Waals surface area contributed by atoms with Gasteiger partial charge in [-0.2, -0.15) is 0 Å². The zero-order chi connectivity index (χ0) is 29.0. The molecule has 9 heteroatoms. The van der Waals surface area contributed by atoms with E-state index in [9.17, 15) is 14.5 Å². The lowest BCUT2D eigenvalue weighted by molar-refractivity contribution is 0.0933. The maximum Gasteiger partial charge on any atom is 0.270 e. The number of likely N-dealkylation sites (N-methyl/N-ethyl adjacent to an activating group) is 1. The highest BCUT2D eigenvalue weighted by molar-refractivity contribution is 7.90. The first kappa shape index (κ1) is 30.5. The summed E-state index contributed by atoms with van der Waals surface area (Å²) in [6.45, 7) is 11.8. The molecule has 4 rings (SSSR count). The van der Waals surface area contributed by atoms with Crippen molar-refractivity contribution >= 4 is 17.3 Å². The van der Waals surface area contributed by atoms with Crippen LogP contribution < -0.4 is 5.32 Å². The first-order valence-corrected chi connectivity index (χ1v) is 15.2. The van der Waals surface area contributed by atoms with E-state index >= 15 is 0 Å². The van der Waals surface area contributed by atoms with Crippen molar-refractivity contribution in [1.82, 2.24) is 24.4 Å². The Balaban J connectivity index is 1.78. The fourth-order valence-electron chi connectivity index (χ4n) is 5.35. The third-order valence-electron chi connectivity index (χ3n) is 7.34. The molecular formula is C31H43N5O3S. The van der Waals surface area contributed by atoms with Gasteiger partial charge in [0, 0.05) is 53.8 Å². The van der Waals surface area contributed by atoms with Crippen LogP contribution in [0, 0.1) is 11.8 Å². The third kappa shape index (κ3) is 7.06. The summed E-state index contributed by atoms with van der Waals surface area (Å²) in [6, 6.07) is 9.57. The third-order valence-corrected chi connectivity index (χ3v) is 9.20. The number of aliphatic hydroxyl groups is 1. The molecule has 0 bridgehead atoms. The first-order chi connectivity index (χ1) is 19.0. The Morgan fingerprint density at radius 1 is 1.30 bits per heavy atom. The van der Waals surface area contributed by atoms with E-state index in [0.717, 1.165) is 48.3 Å². The number of amides is 1. The van der Waals surface area contributed by atoms with Crippen LogP contribution in [0.25, 0.3) is 11.3 Å². The van der Waals surface area contributed by atoms with Crippen molar-refractivity contribution < 1.29 is 14.5 Å². The molecule has 8 nitrogen and oxygen atoms in total. The Hall–Kier alpha value is -2.45. The number of fused-ring (bicyclic) bond motifs is 1. The van der Waals surface area contributed by atoms with Crippen LogP contribution in [0.3, 0.4) is 0 Å². The number of benzene rings is 1. The number of hydrogen-bond donors (Lipinski definition) is 2. The number of aliphatic hydroxyl groups excluding tert-OH is 1.